The Bertz CT molecular complexity index is 958. The van der Waals surface area contributed by atoms with Crippen LogP contribution in [0.5, 0.6) is 5.75 Å². The summed E-state index contributed by atoms with van der Waals surface area (Å²) in [5.74, 6) is 1.48. The van der Waals surface area contributed by atoms with E-state index in [-0.39, 0.29) is 18.4 Å². The van der Waals surface area contributed by atoms with Gasteiger partial charge in [0, 0.05) is 24.3 Å². The Kier molecular flexibility index (Phi) is 9.18. The lowest BCUT2D eigenvalue weighted by atomic mass is 9.95. The number of rotatable bonds is 10. The Morgan fingerprint density at radius 2 is 1.97 bits per heavy atom. The van der Waals surface area contributed by atoms with Gasteiger partial charge in [0.2, 0.25) is 5.91 Å². The number of nitriles is 1. The van der Waals surface area contributed by atoms with E-state index in [2.05, 4.69) is 54.4 Å². The van der Waals surface area contributed by atoms with E-state index < -0.39 is 0 Å². The molecule has 1 aliphatic rings. The molecule has 1 fully saturated rings. The van der Waals surface area contributed by atoms with Gasteiger partial charge in [-0.1, -0.05) is 50.6 Å². The zero-order valence-electron chi connectivity index (χ0n) is 20.3. The van der Waals surface area contributed by atoms with Gasteiger partial charge < -0.3 is 15.0 Å². The largest absolute Gasteiger partial charge is 0.494 e. The minimum atomic E-state index is -0.0118. The van der Waals surface area contributed by atoms with Crippen molar-refractivity contribution in [1.82, 2.24) is 5.32 Å². The first-order valence-electron chi connectivity index (χ1n) is 12.3. The number of ether oxygens (including phenoxy) is 1. The second-order valence-electron chi connectivity index (χ2n) is 9.02. The number of hydrogen-bond donors (Lipinski definition) is 1. The number of nitrogens with one attached hydrogen (secondary N) is 1. The molecule has 0 saturated carbocycles. The predicted molar refractivity (Wildman–Crippen MR) is 133 cm³/mol. The van der Waals surface area contributed by atoms with Gasteiger partial charge >= 0.3 is 0 Å². The highest BCUT2D eigenvalue weighted by Crippen LogP contribution is 2.32. The van der Waals surface area contributed by atoms with E-state index in [0.717, 1.165) is 43.0 Å². The fourth-order valence-corrected chi connectivity index (χ4v) is 4.57. The molecular weight excluding hydrogens is 410 g/mol. The standard InChI is InChI=1S/C28H37N3O2/c1-4-8-25(24-9-6-7-10-26(24)31-17-14-21(3)15-18-31)30-28(32)20-22-11-12-23(13-16-29)27(19-22)33-5-2/h6-7,9-12,19,21,25H,4-5,8,13-15,17-18,20H2,1-3H3,(H,30,32). The lowest BCUT2D eigenvalue weighted by Gasteiger charge is -2.35. The Hall–Kier alpha value is -3.00. The Labute approximate surface area is 198 Å². The fourth-order valence-electron chi connectivity index (χ4n) is 4.57. The SMILES string of the molecule is CCCC(NC(=O)Cc1ccc(CC#N)c(OCC)c1)c1ccccc1N1CCC(C)CC1. The van der Waals surface area contributed by atoms with Crippen LogP contribution in [-0.2, 0) is 17.6 Å². The zero-order chi connectivity index (χ0) is 23.6. The molecule has 0 spiro atoms. The lowest BCUT2D eigenvalue weighted by molar-refractivity contribution is -0.121. The molecule has 176 valence electrons. The molecule has 5 heteroatoms. The highest BCUT2D eigenvalue weighted by atomic mass is 16.5. The summed E-state index contributed by atoms with van der Waals surface area (Å²) in [6, 6.07) is 16.4. The van der Waals surface area contributed by atoms with E-state index in [0.29, 0.717) is 18.8 Å². The molecule has 0 bridgehead atoms. The Morgan fingerprint density at radius 1 is 1.21 bits per heavy atom. The van der Waals surface area contributed by atoms with Crippen LogP contribution in [0.4, 0.5) is 5.69 Å². The molecule has 0 aromatic heterocycles. The van der Waals surface area contributed by atoms with Gasteiger partial charge in [0.05, 0.1) is 31.6 Å². The third-order valence-corrected chi connectivity index (χ3v) is 6.41. The molecule has 0 aliphatic carbocycles. The van der Waals surface area contributed by atoms with Crippen LogP contribution in [0.1, 0.15) is 69.2 Å². The maximum Gasteiger partial charge on any atom is 0.224 e. The molecule has 3 rings (SSSR count). The number of carbonyl (C=O) groups excluding carboxylic acids is 1. The molecule has 5 nitrogen and oxygen atoms in total. The third-order valence-electron chi connectivity index (χ3n) is 6.41. The highest BCUT2D eigenvalue weighted by molar-refractivity contribution is 5.79. The summed E-state index contributed by atoms with van der Waals surface area (Å²) in [5.41, 5.74) is 4.22. The molecule has 33 heavy (non-hydrogen) atoms. The van der Waals surface area contributed by atoms with E-state index >= 15 is 0 Å². The van der Waals surface area contributed by atoms with Gasteiger partial charge in [0.25, 0.3) is 0 Å². The van der Waals surface area contributed by atoms with Crippen LogP contribution in [0.2, 0.25) is 0 Å². The predicted octanol–water partition coefficient (Wildman–Crippen LogP) is 5.59. The highest BCUT2D eigenvalue weighted by Gasteiger charge is 2.23. The van der Waals surface area contributed by atoms with E-state index in [1.54, 1.807) is 0 Å². The van der Waals surface area contributed by atoms with E-state index in [1.165, 1.54) is 24.1 Å². The molecule has 1 saturated heterocycles. The number of amides is 1. The summed E-state index contributed by atoms with van der Waals surface area (Å²) in [6.45, 7) is 9.07. The summed E-state index contributed by atoms with van der Waals surface area (Å²) >= 11 is 0. The van der Waals surface area contributed by atoms with Crippen molar-refractivity contribution in [2.75, 3.05) is 24.6 Å². The van der Waals surface area contributed by atoms with Crippen molar-refractivity contribution in [2.45, 2.75) is 65.3 Å². The quantitative estimate of drug-likeness (QED) is 0.516. The van der Waals surface area contributed by atoms with Crippen LogP contribution in [0.3, 0.4) is 0 Å². The third kappa shape index (κ3) is 6.74. The van der Waals surface area contributed by atoms with Gasteiger partial charge in [-0.3, -0.25) is 4.79 Å². The summed E-state index contributed by atoms with van der Waals surface area (Å²) < 4.78 is 5.70. The number of benzene rings is 2. The van der Waals surface area contributed by atoms with Gasteiger partial charge in [-0.15, -0.1) is 0 Å². The monoisotopic (exact) mass is 447 g/mol. The average molecular weight is 448 g/mol. The van der Waals surface area contributed by atoms with Gasteiger partial charge in [-0.25, -0.2) is 0 Å². The average Bonchev–Trinajstić information content (AvgIpc) is 2.81. The minimum absolute atomic E-state index is 0.00556. The fraction of sp³-hybridized carbons (Fsp3) is 0.500. The van der Waals surface area contributed by atoms with Crippen molar-refractivity contribution in [2.24, 2.45) is 5.92 Å². The first-order chi connectivity index (χ1) is 16.0. The maximum absolute atomic E-state index is 13.1. The smallest absolute Gasteiger partial charge is 0.224 e. The number of nitrogens with zero attached hydrogens (tertiary/aromatic N) is 2. The number of piperidine rings is 1. The maximum atomic E-state index is 13.1. The summed E-state index contributed by atoms with van der Waals surface area (Å²) in [4.78, 5) is 15.5. The van der Waals surface area contributed by atoms with Crippen molar-refractivity contribution in [3.8, 4) is 11.8 Å². The van der Waals surface area contributed by atoms with E-state index in [9.17, 15) is 4.79 Å². The normalized spacial score (nSPS) is 15.0. The first-order valence-corrected chi connectivity index (χ1v) is 12.3. The molecule has 2 aromatic rings. The molecular formula is C28H37N3O2. The van der Waals surface area contributed by atoms with Crippen molar-refractivity contribution in [3.63, 3.8) is 0 Å². The molecule has 2 aromatic carbocycles. The molecule has 1 aliphatic heterocycles. The molecule has 1 N–H and O–H groups in total. The number of carbonyl (C=O) groups is 1. The van der Waals surface area contributed by atoms with Gasteiger partial charge in [-0.05, 0) is 55.4 Å². The zero-order valence-corrected chi connectivity index (χ0v) is 20.3. The van der Waals surface area contributed by atoms with Crippen molar-refractivity contribution >= 4 is 11.6 Å². The molecule has 1 unspecified atom stereocenters. The second-order valence-corrected chi connectivity index (χ2v) is 9.02. The second kappa shape index (κ2) is 12.3. The number of anilines is 1. The van der Waals surface area contributed by atoms with E-state index in [1.807, 2.05) is 25.1 Å². The van der Waals surface area contributed by atoms with Crippen LogP contribution in [0.15, 0.2) is 42.5 Å². The van der Waals surface area contributed by atoms with Crippen LogP contribution < -0.4 is 15.0 Å². The van der Waals surface area contributed by atoms with Crippen LogP contribution in [0, 0.1) is 17.2 Å². The van der Waals surface area contributed by atoms with Crippen LogP contribution in [0.25, 0.3) is 0 Å². The summed E-state index contributed by atoms with van der Waals surface area (Å²) in [7, 11) is 0. The minimum Gasteiger partial charge on any atom is -0.494 e. The lowest BCUT2D eigenvalue weighted by Crippen LogP contribution is -2.35. The van der Waals surface area contributed by atoms with Gasteiger partial charge in [-0.2, -0.15) is 5.26 Å². The number of hydrogen-bond acceptors (Lipinski definition) is 4. The van der Waals surface area contributed by atoms with Gasteiger partial charge in [0.1, 0.15) is 5.75 Å². The Morgan fingerprint density at radius 3 is 2.67 bits per heavy atom. The number of para-hydroxylation sites is 1. The van der Waals surface area contributed by atoms with Crippen molar-refractivity contribution in [1.29, 1.82) is 5.26 Å². The molecule has 1 heterocycles. The molecule has 1 amide bonds. The molecule has 1 atom stereocenters. The first kappa shape index (κ1) is 24.6. The Balaban J connectivity index is 1.75. The van der Waals surface area contributed by atoms with Crippen molar-refractivity contribution < 1.29 is 9.53 Å². The van der Waals surface area contributed by atoms with Crippen molar-refractivity contribution in [3.05, 3.63) is 59.2 Å². The van der Waals surface area contributed by atoms with Crippen LogP contribution in [-0.4, -0.2) is 25.6 Å². The van der Waals surface area contributed by atoms with Gasteiger partial charge in [0.15, 0.2) is 0 Å². The topological polar surface area (TPSA) is 65.4 Å². The van der Waals surface area contributed by atoms with Crippen LogP contribution >= 0.6 is 0 Å². The van der Waals surface area contributed by atoms with E-state index in [4.69, 9.17) is 10.00 Å². The summed E-state index contributed by atoms with van der Waals surface area (Å²) in [5, 5.41) is 12.3. The summed E-state index contributed by atoms with van der Waals surface area (Å²) in [6.07, 6.45) is 4.90. The molecule has 0 radical (unpaired) electrons.